The van der Waals surface area contributed by atoms with Gasteiger partial charge in [-0.15, -0.1) is 0 Å². The lowest BCUT2D eigenvalue weighted by Crippen LogP contribution is -2.48. The predicted molar refractivity (Wildman–Crippen MR) is 78.2 cm³/mol. The molecule has 0 spiro atoms. The molecule has 6 heteroatoms. The van der Waals surface area contributed by atoms with Gasteiger partial charge >= 0.3 is 0 Å². The van der Waals surface area contributed by atoms with Crippen LogP contribution in [0.3, 0.4) is 0 Å². The van der Waals surface area contributed by atoms with Gasteiger partial charge in [0.05, 0.1) is 6.04 Å². The first-order valence-corrected chi connectivity index (χ1v) is 8.14. The third-order valence-corrected chi connectivity index (χ3v) is 5.76. The minimum atomic E-state index is -3.53. The molecule has 1 rings (SSSR count). The van der Waals surface area contributed by atoms with Crippen molar-refractivity contribution in [3.63, 3.8) is 0 Å². The van der Waals surface area contributed by atoms with Gasteiger partial charge in [-0.3, -0.25) is 4.79 Å². The van der Waals surface area contributed by atoms with Gasteiger partial charge in [-0.1, -0.05) is 18.2 Å². The fraction of sp³-hybridized carbons (Fsp3) is 0.500. The summed E-state index contributed by atoms with van der Waals surface area (Å²) in [5.41, 5.74) is 0.577. The quantitative estimate of drug-likeness (QED) is 0.919. The van der Waals surface area contributed by atoms with E-state index in [1.807, 2.05) is 0 Å². The molecular weight excluding hydrogens is 278 g/mol. The van der Waals surface area contributed by atoms with Crippen LogP contribution < -0.4 is 0 Å². The average Bonchev–Trinajstić information content (AvgIpc) is 2.35. The Morgan fingerprint density at radius 1 is 1.30 bits per heavy atom. The third kappa shape index (κ3) is 2.95. The molecule has 112 valence electrons. The zero-order valence-corrected chi connectivity index (χ0v) is 13.2. The summed E-state index contributed by atoms with van der Waals surface area (Å²) >= 11 is 0. The number of nitrogens with zero attached hydrogens (tertiary/aromatic N) is 1. The number of hydrogen-bond donors (Lipinski definition) is 1. The number of phenolic OH excluding ortho intramolecular Hbond substituents is 1. The van der Waals surface area contributed by atoms with Gasteiger partial charge in [-0.2, -0.15) is 0 Å². The lowest BCUT2D eigenvalue weighted by atomic mass is 10.0. The van der Waals surface area contributed by atoms with E-state index in [1.54, 1.807) is 25.1 Å². The molecular formula is C14H21NO4S. The summed E-state index contributed by atoms with van der Waals surface area (Å²) in [7, 11) is -1.99. The molecule has 1 aromatic carbocycles. The monoisotopic (exact) mass is 299 g/mol. The molecule has 0 fully saturated rings. The van der Waals surface area contributed by atoms with Crippen molar-refractivity contribution in [3.05, 3.63) is 29.8 Å². The zero-order chi connectivity index (χ0) is 15.7. The standard InChI is InChI=1S/C14H21NO4S/c1-10(11-8-6-7-9-12(11)16)15(4)13(17)14(2,3)20(5,18)19/h6-10,16H,1-5H3. The minimum absolute atomic E-state index is 0.0804. The number of carbonyl (C=O) groups excluding carboxylic acids is 1. The Morgan fingerprint density at radius 2 is 1.80 bits per heavy atom. The summed E-state index contributed by atoms with van der Waals surface area (Å²) in [6.07, 6.45) is 1.05. The maximum Gasteiger partial charge on any atom is 0.243 e. The number of benzene rings is 1. The first kappa shape index (κ1) is 16.5. The van der Waals surface area contributed by atoms with Crippen molar-refractivity contribution in [1.82, 2.24) is 4.90 Å². The highest BCUT2D eigenvalue weighted by Crippen LogP contribution is 2.30. The maximum atomic E-state index is 12.4. The van der Waals surface area contributed by atoms with E-state index in [-0.39, 0.29) is 5.75 Å². The summed E-state index contributed by atoms with van der Waals surface area (Å²) in [6.45, 7) is 4.52. The summed E-state index contributed by atoms with van der Waals surface area (Å²) < 4.78 is 22.0. The number of aromatic hydroxyl groups is 1. The Kier molecular flexibility index (Phi) is 4.49. The first-order valence-electron chi connectivity index (χ1n) is 6.25. The van der Waals surface area contributed by atoms with Crippen molar-refractivity contribution >= 4 is 15.7 Å². The van der Waals surface area contributed by atoms with Gasteiger partial charge in [-0.25, -0.2) is 8.42 Å². The topological polar surface area (TPSA) is 74.7 Å². The second-order valence-electron chi connectivity index (χ2n) is 5.43. The van der Waals surface area contributed by atoms with Crippen LogP contribution in [-0.2, 0) is 14.6 Å². The SMILES string of the molecule is CC(c1ccccc1O)N(C)C(=O)C(C)(C)S(C)(=O)=O. The van der Waals surface area contributed by atoms with Crippen molar-refractivity contribution in [1.29, 1.82) is 0 Å². The van der Waals surface area contributed by atoms with E-state index in [9.17, 15) is 18.3 Å². The van der Waals surface area contributed by atoms with E-state index in [0.717, 1.165) is 6.26 Å². The van der Waals surface area contributed by atoms with E-state index in [0.29, 0.717) is 5.56 Å². The Labute approximate surface area is 120 Å². The molecule has 20 heavy (non-hydrogen) atoms. The molecule has 0 saturated heterocycles. The van der Waals surface area contributed by atoms with Crippen LogP contribution in [0.5, 0.6) is 5.75 Å². The second kappa shape index (κ2) is 5.44. The Bertz CT molecular complexity index is 607. The van der Waals surface area contributed by atoms with Gasteiger partial charge < -0.3 is 10.0 Å². The molecule has 1 aromatic rings. The van der Waals surface area contributed by atoms with E-state index < -0.39 is 26.5 Å². The number of sulfone groups is 1. The lowest BCUT2D eigenvalue weighted by Gasteiger charge is -2.32. The van der Waals surface area contributed by atoms with Gasteiger partial charge in [0.1, 0.15) is 10.5 Å². The molecule has 0 aliphatic carbocycles. The molecule has 0 saturated carbocycles. The van der Waals surface area contributed by atoms with Crippen LogP contribution in [0.4, 0.5) is 0 Å². The first-order chi connectivity index (χ1) is 9.00. The van der Waals surface area contributed by atoms with Crippen LogP contribution in [0.2, 0.25) is 0 Å². The highest BCUT2D eigenvalue weighted by atomic mass is 32.2. The molecule has 0 aromatic heterocycles. The Hall–Kier alpha value is -1.56. The highest BCUT2D eigenvalue weighted by molar-refractivity contribution is 7.92. The smallest absolute Gasteiger partial charge is 0.243 e. The van der Waals surface area contributed by atoms with Crippen molar-refractivity contribution in [2.75, 3.05) is 13.3 Å². The molecule has 1 unspecified atom stereocenters. The van der Waals surface area contributed by atoms with E-state index in [4.69, 9.17) is 0 Å². The van der Waals surface area contributed by atoms with Crippen molar-refractivity contribution in [3.8, 4) is 5.75 Å². The number of amides is 1. The molecule has 0 bridgehead atoms. The van der Waals surface area contributed by atoms with Gasteiger partial charge in [0.25, 0.3) is 0 Å². The fourth-order valence-electron chi connectivity index (χ4n) is 1.81. The second-order valence-corrected chi connectivity index (χ2v) is 8.00. The van der Waals surface area contributed by atoms with Crippen LogP contribution in [-0.4, -0.2) is 42.4 Å². The van der Waals surface area contributed by atoms with E-state index in [1.165, 1.54) is 31.9 Å². The van der Waals surface area contributed by atoms with Gasteiger partial charge in [0.15, 0.2) is 9.84 Å². The summed E-state index contributed by atoms with van der Waals surface area (Å²) in [4.78, 5) is 13.7. The molecule has 5 nitrogen and oxygen atoms in total. The van der Waals surface area contributed by atoms with Gasteiger partial charge in [-0.05, 0) is 26.8 Å². The Morgan fingerprint density at radius 3 is 2.25 bits per heavy atom. The van der Waals surface area contributed by atoms with E-state index >= 15 is 0 Å². The molecule has 1 N–H and O–H groups in total. The van der Waals surface area contributed by atoms with Gasteiger partial charge in [0, 0.05) is 18.9 Å². The number of hydrogen-bond acceptors (Lipinski definition) is 4. The summed E-state index contributed by atoms with van der Waals surface area (Å²) in [6, 6.07) is 6.26. The number of phenols is 1. The van der Waals surface area contributed by atoms with Crippen LogP contribution in [0.15, 0.2) is 24.3 Å². The summed E-state index contributed by atoms with van der Waals surface area (Å²) in [5.74, 6) is -0.424. The number of carbonyl (C=O) groups is 1. The van der Waals surface area contributed by atoms with E-state index in [2.05, 4.69) is 0 Å². The Balaban J connectivity index is 3.10. The van der Waals surface area contributed by atoms with Crippen LogP contribution in [0, 0.1) is 0 Å². The number of rotatable bonds is 4. The highest BCUT2D eigenvalue weighted by Gasteiger charge is 2.41. The summed E-state index contributed by atoms with van der Waals surface area (Å²) in [5, 5.41) is 9.82. The minimum Gasteiger partial charge on any atom is -0.508 e. The average molecular weight is 299 g/mol. The predicted octanol–water partition coefficient (Wildman–Crippen LogP) is 1.73. The lowest BCUT2D eigenvalue weighted by molar-refractivity contribution is -0.133. The molecule has 0 radical (unpaired) electrons. The maximum absolute atomic E-state index is 12.4. The van der Waals surface area contributed by atoms with Crippen LogP contribution >= 0.6 is 0 Å². The fourth-order valence-corrected chi connectivity index (χ4v) is 2.27. The third-order valence-electron chi connectivity index (χ3n) is 3.73. The number of para-hydroxylation sites is 1. The van der Waals surface area contributed by atoms with Gasteiger partial charge in [0.2, 0.25) is 5.91 Å². The van der Waals surface area contributed by atoms with Crippen molar-refractivity contribution < 1.29 is 18.3 Å². The largest absolute Gasteiger partial charge is 0.508 e. The normalized spacial score (nSPS) is 13.8. The molecule has 0 aliphatic rings. The molecule has 0 aliphatic heterocycles. The molecule has 0 heterocycles. The molecule has 1 amide bonds. The van der Waals surface area contributed by atoms with Crippen molar-refractivity contribution in [2.45, 2.75) is 31.6 Å². The van der Waals surface area contributed by atoms with Crippen LogP contribution in [0.1, 0.15) is 32.4 Å². The van der Waals surface area contributed by atoms with Crippen molar-refractivity contribution in [2.24, 2.45) is 0 Å². The molecule has 1 atom stereocenters. The van der Waals surface area contributed by atoms with Crippen LogP contribution in [0.25, 0.3) is 0 Å². The zero-order valence-electron chi connectivity index (χ0n) is 12.4.